The SMILES string of the molecule is COC(=O)[C@@]12CCC[C@H]3[C@@H](C(=O)N1Cc1ccc(OC)cc1)[C@H]32. The Hall–Kier alpha value is -2.04. The Morgan fingerprint density at radius 1 is 1.30 bits per heavy atom. The minimum absolute atomic E-state index is 0.0369. The number of ether oxygens (including phenoxy) is 2. The van der Waals surface area contributed by atoms with Gasteiger partial charge in [0.15, 0.2) is 0 Å². The molecular weight excluding hydrogens is 294 g/mol. The summed E-state index contributed by atoms with van der Waals surface area (Å²) in [6, 6.07) is 7.65. The van der Waals surface area contributed by atoms with Gasteiger partial charge in [-0.15, -0.1) is 0 Å². The van der Waals surface area contributed by atoms with E-state index in [0.29, 0.717) is 12.5 Å². The first kappa shape index (κ1) is 14.5. The standard InChI is InChI=1S/C18H21NO4/c1-22-12-7-5-11(6-8-12)10-19-16(20)14-13-4-3-9-18(19,15(13)14)17(21)23-2/h5-8,13-15H,3-4,9-10H2,1-2H3/t13-,14+,15-,18-/m0/s1. The molecule has 4 rings (SSSR count). The molecule has 3 aliphatic rings. The van der Waals surface area contributed by atoms with Crippen molar-refractivity contribution in [3.8, 4) is 5.75 Å². The lowest BCUT2D eigenvalue weighted by atomic mass is 9.80. The molecule has 122 valence electrons. The number of carbonyl (C=O) groups is 2. The van der Waals surface area contributed by atoms with E-state index in [-0.39, 0.29) is 23.7 Å². The zero-order valence-corrected chi connectivity index (χ0v) is 13.5. The van der Waals surface area contributed by atoms with E-state index < -0.39 is 5.54 Å². The van der Waals surface area contributed by atoms with Crippen LogP contribution >= 0.6 is 0 Å². The number of likely N-dealkylation sites (tertiary alicyclic amines) is 1. The highest BCUT2D eigenvalue weighted by Gasteiger charge is 2.77. The Bertz CT molecular complexity index is 655. The summed E-state index contributed by atoms with van der Waals surface area (Å²) in [5, 5.41) is 0. The number of piperidine rings is 1. The van der Waals surface area contributed by atoms with E-state index in [0.717, 1.165) is 30.6 Å². The van der Waals surface area contributed by atoms with E-state index in [4.69, 9.17) is 9.47 Å². The molecule has 0 N–H and O–H groups in total. The fourth-order valence-corrected chi connectivity index (χ4v) is 4.84. The van der Waals surface area contributed by atoms with Crippen molar-refractivity contribution in [1.82, 2.24) is 4.90 Å². The maximum atomic E-state index is 12.8. The molecule has 0 radical (unpaired) electrons. The lowest BCUT2D eigenvalue weighted by Gasteiger charge is -2.42. The average molecular weight is 315 g/mol. The van der Waals surface area contributed by atoms with Crippen molar-refractivity contribution < 1.29 is 19.1 Å². The summed E-state index contributed by atoms with van der Waals surface area (Å²) in [6.45, 7) is 0.456. The van der Waals surface area contributed by atoms with E-state index in [2.05, 4.69) is 0 Å². The number of carbonyl (C=O) groups excluding carboxylic acids is 2. The van der Waals surface area contributed by atoms with Crippen LogP contribution in [-0.4, -0.2) is 36.5 Å². The van der Waals surface area contributed by atoms with Crippen LogP contribution in [0.2, 0.25) is 0 Å². The molecule has 2 saturated carbocycles. The Labute approximate surface area is 135 Å². The average Bonchev–Trinajstić information content (AvgIpc) is 3.27. The van der Waals surface area contributed by atoms with Crippen molar-refractivity contribution in [2.45, 2.75) is 31.3 Å². The number of hydrogen-bond donors (Lipinski definition) is 0. The highest BCUT2D eigenvalue weighted by Crippen LogP contribution is 2.67. The number of methoxy groups -OCH3 is 2. The summed E-state index contributed by atoms with van der Waals surface area (Å²) in [6.07, 6.45) is 2.77. The molecule has 2 aliphatic carbocycles. The van der Waals surface area contributed by atoms with E-state index in [1.165, 1.54) is 7.11 Å². The fourth-order valence-electron chi connectivity index (χ4n) is 4.84. The molecule has 4 atom stereocenters. The van der Waals surface area contributed by atoms with Crippen LogP contribution in [0.3, 0.4) is 0 Å². The van der Waals surface area contributed by atoms with Crippen LogP contribution in [0.4, 0.5) is 0 Å². The smallest absolute Gasteiger partial charge is 0.332 e. The van der Waals surface area contributed by atoms with Crippen molar-refractivity contribution in [3.05, 3.63) is 29.8 Å². The highest BCUT2D eigenvalue weighted by molar-refractivity contribution is 5.97. The van der Waals surface area contributed by atoms with Gasteiger partial charge in [-0.3, -0.25) is 4.79 Å². The lowest BCUT2D eigenvalue weighted by molar-refractivity contribution is -0.163. The summed E-state index contributed by atoms with van der Waals surface area (Å²) in [5.41, 5.74) is 0.269. The van der Waals surface area contributed by atoms with Gasteiger partial charge in [0.1, 0.15) is 11.3 Å². The maximum absolute atomic E-state index is 12.8. The molecule has 5 heteroatoms. The van der Waals surface area contributed by atoms with Crippen molar-refractivity contribution in [1.29, 1.82) is 0 Å². The van der Waals surface area contributed by atoms with Gasteiger partial charge in [0, 0.05) is 18.4 Å². The topological polar surface area (TPSA) is 55.8 Å². The third kappa shape index (κ3) is 1.85. The number of fused-ring (bicyclic) bond motifs is 1. The number of amides is 1. The van der Waals surface area contributed by atoms with Gasteiger partial charge in [-0.25, -0.2) is 4.79 Å². The molecule has 5 nitrogen and oxygen atoms in total. The minimum Gasteiger partial charge on any atom is -0.497 e. The molecule has 1 heterocycles. The molecule has 3 fully saturated rings. The van der Waals surface area contributed by atoms with Crippen LogP contribution in [0.1, 0.15) is 24.8 Å². The second kappa shape index (κ2) is 4.98. The number of rotatable bonds is 4. The normalized spacial score (nSPS) is 34.1. The summed E-state index contributed by atoms with van der Waals surface area (Å²) in [4.78, 5) is 27.2. The largest absolute Gasteiger partial charge is 0.497 e. The van der Waals surface area contributed by atoms with Gasteiger partial charge in [-0.2, -0.15) is 0 Å². The van der Waals surface area contributed by atoms with E-state index in [9.17, 15) is 9.59 Å². The summed E-state index contributed by atoms with van der Waals surface area (Å²) >= 11 is 0. The van der Waals surface area contributed by atoms with E-state index in [1.807, 2.05) is 24.3 Å². The predicted molar refractivity (Wildman–Crippen MR) is 82.6 cm³/mol. The van der Waals surface area contributed by atoms with Crippen LogP contribution in [0.5, 0.6) is 5.75 Å². The van der Waals surface area contributed by atoms with Gasteiger partial charge in [-0.05, 0) is 36.5 Å². The van der Waals surface area contributed by atoms with Gasteiger partial charge < -0.3 is 14.4 Å². The molecular formula is C18H21NO4. The second-order valence-corrected chi connectivity index (χ2v) is 6.80. The number of esters is 1. The molecule has 1 aromatic rings. The second-order valence-electron chi connectivity index (χ2n) is 6.80. The molecule has 0 aromatic heterocycles. The van der Waals surface area contributed by atoms with Gasteiger partial charge in [0.2, 0.25) is 5.91 Å². The molecule has 23 heavy (non-hydrogen) atoms. The molecule has 1 saturated heterocycles. The van der Waals surface area contributed by atoms with Crippen LogP contribution in [-0.2, 0) is 20.9 Å². The molecule has 1 aromatic carbocycles. The van der Waals surface area contributed by atoms with Crippen molar-refractivity contribution >= 4 is 11.9 Å². The van der Waals surface area contributed by atoms with Crippen LogP contribution in [0, 0.1) is 17.8 Å². The van der Waals surface area contributed by atoms with Gasteiger partial charge in [0.05, 0.1) is 14.2 Å². The zero-order valence-electron chi connectivity index (χ0n) is 13.5. The van der Waals surface area contributed by atoms with Crippen molar-refractivity contribution in [2.75, 3.05) is 14.2 Å². The monoisotopic (exact) mass is 315 g/mol. The number of nitrogens with zero attached hydrogens (tertiary/aromatic N) is 1. The summed E-state index contributed by atoms with van der Waals surface area (Å²) < 4.78 is 10.3. The molecule has 1 amide bonds. The lowest BCUT2D eigenvalue weighted by Crippen LogP contribution is -2.57. The molecule has 0 spiro atoms. The quantitative estimate of drug-likeness (QED) is 0.798. The van der Waals surface area contributed by atoms with Gasteiger partial charge in [-0.1, -0.05) is 18.6 Å². The van der Waals surface area contributed by atoms with Gasteiger partial charge >= 0.3 is 5.97 Å². The van der Waals surface area contributed by atoms with Crippen LogP contribution in [0.15, 0.2) is 24.3 Å². The first-order valence-electron chi connectivity index (χ1n) is 8.16. The zero-order chi connectivity index (χ0) is 16.2. The van der Waals surface area contributed by atoms with Crippen molar-refractivity contribution in [3.63, 3.8) is 0 Å². The van der Waals surface area contributed by atoms with Crippen molar-refractivity contribution in [2.24, 2.45) is 17.8 Å². The molecule has 0 unspecified atom stereocenters. The molecule has 1 aliphatic heterocycles. The fraction of sp³-hybridized carbons (Fsp3) is 0.556. The minimum atomic E-state index is -0.737. The third-order valence-electron chi connectivity index (χ3n) is 5.89. The van der Waals surface area contributed by atoms with Gasteiger partial charge in [0.25, 0.3) is 0 Å². The number of hydrogen-bond acceptors (Lipinski definition) is 4. The summed E-state index contributed by atoms with van der Waals surface area (Å²) in [5.74, 6) is 1.26. The highest BCUT2D eigenvalue weighted by atomic mass is 16.5. The Balaban J connectivity index is 1.66. The van der Waals surface area contributed by atoms with E-state index >= 15 is 0 Å². The third-order valence-corrected chi connectivity index (χ3v) is 5.89. The first-order valence-corrected chi connectivity index (χ1v) is 8.16. The van der Waals surface area contributed by atoms with E-state index in [1.54, 1.807) is 12.0 Å². The Kier molecular flexibility index (Phi) is 3.15. The maximum Gasteiger partial charge on any atom is 0.332 e. The molecule has 0 bridgehead atoms. The van der Waals surface area contributed by atoms with Crippen LogP contribution < -0.4 is 4.74 Å². The number of benzene rings is 1. The first-order chi connectivity index (χ1) is 11.1. The van der Waals surface area contributed by atoms with Crippen LogP contribution in [0.25, 0.3) is 0 Å². The predicted octanol–water partition coefficient (Wildman–Crippen LogP) is 2.00. The Morgan fingerprint density at radius 2 is 2.04 bits per heavy atom. The summed E-state index contributed by atoms with van der Waals surface area (Å²) in [7, 11) is 3.05. The Morgan fingerprint density at radius 3 is 2.70 bits per heavy atom.